The van der Waals surface area contributed by atoms with Gasteiger partial charge in [0.05, 0.1) is 13.2 Å². The van der Waals surface area contributed by atoms with Crippen LogP contribution in [0.15, 0.2) is 29.3 Å². The van der Waals surface area contributed by atoms with E-state index in [2.05, 4.69) is 57.5 Å². The molecule has 1 aromatic carbocycles. The van der Waals surface area contributed by atoms with Crippen molar-refractivity contribution in [1.29, 1.82) is 0 Å². The van der Waals surface area contributed by atoms with Gasteiger partial charge in [-0.3, -0.25) is 9.89 Å². The number of likely N-dealkylation sites (tertiary alicyclic amines) is 2. The van der Waals surface area contributed by atoms with Gasteiger partial charge in [-0.05, 0) is 82.8 Å². The number of aliphatic imine (C=N–C) groups is 1. The van der Waals surface area contributed by atoms with E-state index in [0.29, 0.717) is 18.0 Å². The lowest BCUT2D eigenvalue weighted by Crippen LogP contribution is -2.47. The molecule has 0 radical (unpaired) electrons. The Morgan fingerprint density at radius 2 is 1.90 bits per heavy atom. The minimum absolute atomic E-state index is 0.326. The van der Waals surface area contributed by atoms with E-state index in [-0.39, 0.29) is 0 Å². The zero-order valence-corrected chi connectivity index (χ0v) is 19.4. The Kier molecular flexibility index (Phi) is 8.82. The molecule has 1 aromatic rings. The summed E-state index contributed by atoms with van der Waals surface area (Å²) in [6.45, 7) is 11.2. The molecule has 0 amide bonds. The summed E-state index contributed by atoms with van der Waals surface area (Å²) in [5.41, 5.74) is 1.30. The highest BCUT2D eigenvalue weighted by Crippen LogP contribution is 2.27. The van der Waals surface area contributed by atoms with Crippen molar-refractivity contribution in [1.82, 2.24) is 20.4 Å². The topological polar surface area (TPSA) is 52.1 Å². The third-order valence-electron chi connectivity index (χ3n) is 6.59. The van der Waals surface area contributed by atoms with Crippen molar-refractivity contribution in [2.45, 2.75) is 51.6 Å². The largest absolute Gasteiger partial charge is 0.497 e. The predicted molar refractivity (Wildman–Crippen MR) is 125 cm³/mol. The maximum atomic E-state index is 5.47. The van der Waals surface area contributed by atoms with Crippen LogP contribution >= 0.6 is 0 Å². The minimum Gasteiger partial charge on any atom is -0.497 e. The molecule has 30 heavy (non-hydrogen) atoms. The normalized spacial score (nSPS) is 22.3. The molecule has 2 aliphatic heterocycles. The summed E-state index contributed by atoms with van der Waals surface area (Å²) in [6.07, 6.45) is 5.15. The summed E-state index contributed by atoms with van der Waals surface area (Å²) in [4.78, 5) is 9.67. The van der Waals surface area contributed by atoms with E-state index in [1.165, 1.54) is 44.3 Å². The van der Waals surface area contributed by atoms with E-state index in [9.17, 15) is 0 Å². The Bertz CT molecular complexity index is 671. The van der Waals surface area contributed by atoms with E-state index in [1.54, 1.807) is 7.11 Å². The average molecular weight is 416 g/mol. The van der Waals surface area contributed by atoms with Crippen LogP contribution in [-0.4, -0.2) is 75.2 Å². The summed E-state index contributed by atoms with van der Waals surface area (Å²) >= 11 is 0. The number of nitrogens with zero attached hydrogens (tertiary/aromatic N) is 3. The average Bonchev–Trinajstić information content (AvgIpc) is 3.31. The van der Waals surface area contributed by atoms with Crippen LogP contribution in [0.25, 0.3) is 0 Å². The molecule has 2 aliphatic rings. The molecule has 168 valence electrons. The van der Waals surface area contributed by atoms with E-state index >= 15 is 0 Å². The molecule has 0 bridgehead atoms. The van der Waals surface area contributed by atoms with Crippen LogP contribution in [0.1, 0.15) is 51.1 Å². The summed E-state index contributed by atoms with van der Waals surface area (Å²) in [7, 11) is 3.60. The van der Waals surface area contributed by atoms with Gasteiger partial charge in [-0.2, -0.15) is 0 Å². The van der Waals surface area contributed by atoms with Gasteiger partial charge in [0.2, 0.25) is 0 Å². The van der Waals surface area contributed by atoms with Crippen LogP contribution < -0.4 is 15.4 Å². The number of methoxy groups -OCH3 is 1. The van der Waals surface area contributed by atoms with Gasteiger partial charge in [0.1, 0.15) is 5.75 Å². The van der Waals surface area contributed by atoms with Gasteiger partial charge in [-0.15, -0.1) is 0 Å². The van der Waals surface area contributed by atoms with Crippen LogP contribution in [0.4, 0.5) is 0 Å². The molecule has 2 fully saturated rings. The molecule has 2 heterocycles. The second-order valence-corrected chi connectivity index (χ2v) is 8.97. The lowest BCUT2D eigenvalue weighted by atomic mass is 9.97. The van der Waals surface area contributed by atoms with Crippen molar-refractivity contribution in [3.63, 3.8) is 0 Å². The molecular formula is C24H41N5O. The van der Waals surface area contributed by atoms with E-state index in [0.717, 1.165) is 37.9 Å². The number of benzene rings is 1. The fourth-order valence-corrected chi connectivity index (χ4v) is 4.75. The smallest absolute Gasteiger partial charge is 0.191 e. The van der Waals surface area contributed by atoms with Crippen molar-refractivity contribution in [3.05, 3.63) is 29.8 Å². The quantitative estimate of drug-likeness (QED) is 0.505. The summed E-state index contributed by atoms with van der Waals surface area (Å²) in [6, 6.07) is 9.45. The van der Waals surface area contributed by atoms with Gasteiger partial charge in [-0.25, -0.2) is 0 Å². The Labute approximate surface area is 183 Å². The number of guanidine groups is 1. The molecule has 2 saturated heterocycles. The number of piperidine rings is 1. The number of rotatable bonds is 8. The van der Waals surface area contributed by atoms with Gasteiger partial charge >= 0.3 is 0 Å². The fourth-order valence-electron chi connectivity index (χ4n) is 4.75. The van der Waals surface area contributed by atoms with Crippen molar-refractivity contribution >= 4 is 5.96 Å². The standard InChI is InChI=1S/C24H41N5O/c1-19(2)29-14-8-9-20(18-29)16-26-24(25-3)27-17-23(28-12-5-6-13-28)21-10-7-11-22(15-21)30-4/h7,10-11,15,19-20,23H,5-6,8-9,12-14,16-18H2,1-4H3,(H2,25,26,27). The third-order valence-corrected chi connectivity index (χ3v) is 6.59. The zero-order valence-electron chi connectivity index (χ0n) is 19.4. The van der Waals surface area contributed by atoms with E-state index in [4.69, 9.17) is 4.74 Å². The maximum Gasteiger partial charge on any atom is 0.191 e. The molecule has 2 unspecified atom stereocenters. The van der Waals surface area contributed by atoms with Crippen LogP contribution in [0.3, 0.4) is 0 Å². The minimum atomic E-state index is 0.326. The highest BCUT2D eigenvalue weighted by atomic mass is 16.5. The van der Waals surface area contributed by atoms with Crippen molar-refractivity contribution in [3.8, 4) is 5.75 Å². The number of hydrogen-bond acceptors (Lipinski definition) is 4. The van der Waals surface area contributed by atoms with Gasteiger partial charge < -0.3 is 20.3 Å². The number of ether oxygens (including phenoxy) is 1. The number of nitrogens with one attached hydrogen (secondary N) is 2. The molecule has 0 spiro atoms. The summed E-state index contributed by atoms with van der Waals surface area (Å²) in [5, 5.41) is 7.19. The molecule has 3 rings (SSSR count). The summed E-state index contributed by atoms with van der Waals surface area (Å²) in [5.74, 6) is 2.52. The van der Waals surface area contributed by atoms with Gasteiger partial charge in [0.15, 0.2) is 5.96 Å². The second kappa shape index (κ2) is 11.6. The van der Waals surface area contributed by atoms with Crippen LogP contribution in [-0.2, 0) is 0 Å². The molecule has 6 heteroatoms. The molecule has 6 nitrogen and oxygen atoms in total. The first-order valence-electron chi connectivity index (χ1n) is 11.7. The molecule has 2 N–H and O–H groups in total. The molecule has 2 atom stereocenters. The Morgan fingerprint density at radius 3 is 2.60 bits per heavy atom. The van der Waals surface area contributed by atoms with Gasteiger partial charge in [0, 0.05) is 32.7 Å². The fraction of sp³-hybridized carbons (Fsp3) is 0.708. The van der Waals surface area contributed by atoms with E-state index in [1.807, 2.05) is 13.1 Å². The predicted octanol–water partition coefficient (Wildman–Crippen LogP) is 3.12. The lowest BCUT2D eigenvalue weighted by molar-refractivity contribution is 0.141. The summed E-state index contributed by atoms with van der Waals surface area (Å²) < 4.78 is 5.47. The lowest BCUT2D eigenvalue weighted by Gasteiger charge is -2.35. The van der Waals surface area contributed by atoms with Crippen LogP contribution in [0.2, 0.25) is 0 Å². The Morgan fingerprint density at radius 1 is 1.13 bits per heavy atom. The highest BCUT2D eigenvalue weighted by molar-refractivity contribution is 5.79. The highest BCUT2D eigenvalue weighted by Gasteiger charge is 2.25. The number of hydrogen-bond donors (Lipinski definition) is 2. The Hall–Kier alpha value is -1.79. The molecule has 0 saturated carbocycles. The second-order valence-electron chi connectivity index (χ2n) is 8.97. The first-order chi connectivity index (χ1) is 14.6. The van der Waals surface area contributed by atoms with Crippen molar-refractivity contribution in [2.24, 2.45) is 10.9 Å². The van der Waals surface area contributed by atoms with Gasteiger partial charge in [0.25, 0.3) is 0 Å². The van der Waals surface area contributed by atoms with Crippen molar-refractivity contribution in [2.75, 3.05) is 53.4 Å². The van der Waals surface area contributed by atoms with Gasteiger partial charge in [-0.1, -0.05) is 12.1 Å². The molecule has 0 aromatic heterocycles. The van der Waals surface area contributed by atoms with Crippen LogP contribution in [0.5, 0.6) is 5.75 Å². The maximum absolute atomic E-state index is 5.47. The molecule has 0 aliphatic carbocycles. The van der Waals surface area contributed by atoms with E-state index < -0.39 is 0 Å². The third kappa shape index (κ3) is 6.35. The van der Waals surface area contributed by atoms with Crippen LogP contribution in [0, 0.1) is 5.92 Å². The first kappa shape index (κ1) is 22.9. The SMILES string of the molecule is CN=C(NCC1CCCN(C(C)C)C1)NCC(c1cccc(OC)c1)N1CCCC1. The zero-order chi connectivity index (χ0) is 21.3. The monoisotopic (exact) mass is 415 g/mol. The first-order valence-corrected chi connectivity index (χ1v) is 11.7. The van der Waals surface area contributed by atoms with Crippen molar-refractivity contribution < 1.29 is 4.74 Å². The Balaban J connectivity index is 1.56. The molecular weight excluding hydrogens is 374 g/mol.